The molecule has 0 bridgehead atoms. The van der Waals surface area contributed by atoms with Gasteiger partial charge in [-0.25, -0.2) is 0 Å². The minimum absolute atomic E-state index is 0.301. The minimum Gasteiger partial charge on any atom is -0.338 e. The average molecular weight is 304 g/mol. The molecule has 0 aliphatic carbocycles. The van der Waals surface area contributed by atoms with Crippen LogP contribution in [0.3, 0.4) is 0 Å². The summed E-state index contributed by atoms with van der Waals surface area (Å²) in [5.41, 5.74) is 0. The lowest BCUT2D eigenvalue weighted by Gasteiger charge is -2.24. The highest BCUT2D eigenvalue weighted by Gasteiger charge is 2.22. The van der Waals surface area contributed by atoms with Gasteiger partial charge in [0, 0.05) is 31.8 Å². The summed E-state index contributed by atoms with van der Waals surface area (Å²) in [6, 6.07) is 0. The molecule has 3 rings (SSSR count). The molecule has 0 amide bonds. The molecule has 1 unspecified atom stereocenters. The van der Waals surface area contributed by atoms with Crippen LogP contribution in [0, 0.1) is 5.92 Å². The summed E-state index contributed by atoms with van der Waals surface area (Å²) >= 11 is 0. The van der Waals surface area contributed by atoms with E-state index in [0.29, 0.717) is 24.3 Å². The second kappa shape index (κ2) is 6.56. The lowest BCUT2D eigenvalue weighted by Crippen LogP contribution is -2.30. The van der Waals surface area contributed by atoms with E-state index in [9.17, 15) is 0 Å². The van der Waals surface area contributed by atoms with Crippen molar-refractivity contribution in [3.63, 3.8) is 0 Å². The highest BCUT2D eigenvalue weighted by atomic mass is 16.5. The third-order valence-corrected chi connectivity index (χ3v) is 4.15. The SMILES string of the molecule is CCc1nnc2n1CC(CNCc1nc(C(C)C)no1)CC2. The summed E-state index contributed by atoms with van der Waals surface area (Å²) in [6.45, 7) is 8.82. The summed E-state index contributed by atoms with van der Waals surface area (Å²) in [4.78, 5) is 4.38. The molecule has 2 aromatic heterocycles. The zero-order chi connectivity index (χ0) is 15.5. The Hall–Kier alpha value is -1.76. The molecule has 1 N–H and O–H groups in total. The fourth-order valence-electron chi connectivity index (χ4n) is 2.84. The Balaban J connectivity index is 1.50. The maximum absolute atomic E-state index is 5.25. The van der Waals surface area contributed by atoms with Crippen LogP contribution in [0.1, 0.15) is 56.5 Å². The van der Waals surface area contributed by atoms with Crippen molar-refractivity contribution in [2.24, 2.45) is 5.92 Å². The van der Waals surface area contributed by atoms with Gasteiger partial charge in [-0.05, 0) is 12.3 Å². The highest BCUT2D eigenvalue weighted by Crippen LogP contribution is 2.20. The second-order valence-corrected chi connectivity index (χ2v) is 6.23. The van der Waals surface area contributed by atoms with Gasteiger partial charge in [0.2, 0.25) is 5.89 Å². The molecule has 0 spiro atoms. The summed E-state index contributed by atoms with van der Waals surface area (Å²) in [5.74, 6) is 4.57. The number of hydrogen-bond acceptors (Lipinski definition) is 6. The van der Waals surface area contributed by atoms with Crippen molar-refractivity contribution in [1.82, 2.24) is 30.2 Å². The summed E-state index contributed by atoms with van der Waals surface area (Å²) in [5, 5.41) is 15.9. The number of nitrogens with one attached hydrogen (secondary N) is 1. The summed E-state index contributed by atoms with van der Waals surface area (Å²) < 4.78 is 7.52. The van der Waals surface area contributed by atoms with Gasteiger partial charge in [-0.15, -0.1) is 10.2 Å². The Labute approximate surface area is 130 Å². The molecule has 0 fully saturated rings. The maximum Gasteiger partial charge on any atom is 0.240 e. The minimum atomic E-state index is 0.301. The molecule has 0 aromatic carbocycles. The first kappa shape index (κ1) is 15.1. The van der Waals surface area contributed by atoms with Crippen LogP contribution in [0.5, 0.6) is 0 Å². The van der Waals surface area contributed by atoms with Crippen LogP contribution in [0.2, 0.25) is 0 Å². The van der Waals surface area contributed by atoms with Crippen molar-refractivity contribution in [3.05, 3.63) is 23.4 Å². The van der Waals surface area contributed by atoms with Crippen LogP contribution >= 0.6 is 0 Å². The quantitative estimate of drug-likeness (QED) is 0.874. The van der Waals surface area contributed by atoms with Gasteiger partial charge in [-0.3, -0.25) is 0 Å². The lowest BCUT2D eigenvalue weighted by atomic mass is 9.99. The molecule has 0 radical (unpaired) electrons. The van der Waals surface area contributed by atoms with E-state index >= 15 is 0 Å². The van der Waals surface area contributed by atoms with Gasteiger partial charge in [-0.1, -0.05) is 25.9 Å². The van der Waals surface area contributed by atoms with Crippen LogP contribution < -0.4 is 5.32 Å². The van der Waals surface area contributed by atoms with E-state index in [0.717, 1.165) is 49.8 Å². The molecule has 1 atom stereocenters. The Morgan fingerprint density at radius 2 is 2.23 bits per heavy atom. The number of hydrogen-bond donors (Lipinski definition) is 1. The number of rotatable bonds is 6. The Morgan fingerprint density at radius 3 is 2.95 bits per heavy atom. The Morgan fingerprint density at radius 1 is 1.36 bits per heavy atom. The molecule has 7 heteroatoms. The van der Waals surface area contributed by atoms with Crippen molar-refractivity contribution in [3.8, 4) is 0 Å². The third kappa shape index (κ3) is 3.19. The second-order valence-electron chi connectivity index (χ2n) is 6.23. The number of aromatic nitrogens is 5. The smallest absolute Gasteiger partial charge is 0.240 e. The molecule has 1 aliphatic heterocycles. The predicted molar refractivity (Wildman–Crippen MR) is 81.3 cm³/mol. The van der Waals surface area contributed by atoms with E-state index in [1.807, 2.05) is 0 Å². The van der Waals surface area contributed by atoms with Crippen LogP contribution in [0.4, 0.5) is 0 Å². The molecule has 2 aromatic rings. The van der Waals surface area contributed by atoms with Crippen molar-refractivity contribution < 1.29 is 4.52 Å². The molecule has 1 aliphatic rings. The largest absolute Gasteiger partial charge is 0.338 e. The molecular weight excluding hydrogens is 280 g/mol. The Bertz CT molecular complexity index is 604. The molecule has 0 saturated heterocycles. The zero-order valence-corrected chi connectivity index (χ0v) is 13.5. The van der Waals surface area contributed by atoms with Gasteiger partial charge >= 0.3 is 0 Å². The number of aryl methyl sites for hydroxylation is 2. The molecule has 7 nitrogen and oxygen atoms in total. The van der Waals surface area contributed by atoms with Crippen molar-refractivity contribution in [2.45, 2.75) is 59.0 Å². The lowest BCUT2D eigenvalue weighted by molar-refractivity contribution is 0.322. The highest BCUT2D eigenvalue weighted by molar-refractivity contribution is 5.00. The van der Waals surface area contributed by atoms with Gasteiger partial charge in [0.15, 0.2) is 5.82 Å². The van der Waals surface area contributed by atoms with Gasteiger partial charge in [0.25, 0.3) is 0 Å². The van der Waals surface area contributed by atoms with Gasteiger partial charge in [-0.2, -0.15) is 4.98 Å². The van der Waals surface area contributed by atoms with Gasteiger partial charge in [0.1, 0.15) is 11.6 Å². The third-order valence-electron chi connectivity index (χ3n) is 4.15. The fraction of sp³-hybridized carbons (Fsp3) is 0.733. The van der Waals surface area contributed by atoms with Gasteiger partial charge in [0.05, 0.1) is 6.54 Å². The predicted octanol–water partition coefficient (Wildman–Crippen LogP) is 1.70. The first-order chi connectivity index (χ1) is 10.7. The normalized spacial score (nSPS) is 17.9. The van der Waals surface area contributed by atoms with E-state index in [2.05, 4.69) is 51.0 Å². The van der Waals surface area contributed by atoms with E-state index in [4.69, 9.17) is 4.52 Å². The standard InChI is InChI=1S/C15H24N6O/c1-4-12-18-19-13-6-5-11(9-21(12)13)7-16-8-14-17-15(10(2)3)20-22-14/h10-11,16H,4-9H2,1-3H3. The maximum atomic E-state index is 5.25. The molecule has 120 valence electrons. The van der Waals surface area contributed by atoms with Crippen LogP contribution in [-0.2, 0) is 25.9 Å². The molecule has 3 heterocycles. The summed E-state index contributed by atoms with van der Waals surface area (Å²) in [7, 11) is 0. The van der Waals surface area contributed by atoms with Crippen molar-refractivity contribution in [1.29, 1.82) is 0 Å². The Kier molecular flexibility index (Phi) is 4.52. The monoisotopic (exact) mass is 304 g/mol. The van der Waals surface area contributed by atoms with Crippen LogP contribution in [-0.4, -0.2) is 31.4 Å². The first-order valence-electron chi connectivity index (χ1n) is 8.11. The summed E-state index contributed by atoms with van der Waals surface area (Å²) in [6.07, 6.45) is 3.10. The van der Waals surface area contributed by atoms with Crippen molar-refractivity contribution in [2.75, 3.05) is 6.54 Å². The molecular formula is C15H24N6O. The van der Waals surface area contributed by atoms with E-state index in [-0.39, 0.29) is 0 Å². The average Bonchev–Trinajstić information content (AvgIpc) is 3.13. The number of nitrogens with zero attached hydrogens (tertiary/aromatic N) is 5. The molecule has 22 heavy (non-hydrogen) atoms. The van der Waals surface area contributed by atoms with E-state index < -0.39 is 0 Å². The molecule has 0 saturated carbocycles. The number of fused-ring (bicyclic) bond motifs is 1. The van der Waals surface area contributed by atoms with Gasteiger partial charge < -0.3 is 14.4 Å². The van der Waals surface area contributed by atoms with Crippen molar-refractivity contribution >= 4 is 0 Å². The topological polar surface area (TPSA) is 81.7 Å². The van der Waals surface area contributed by atoms with Crippen LogP contribution in [0.15, 0.2) is 4.52 Å². The van der Waals surface area contributed by atoms with Crippen LogP contribution in [0.25, 0.3) is 0 Å². The van der Waals surface area contributed by atoms with E-state index in [1.165, 1.54) is 0 Å². The van der Waals surface area contributed by atoms with E-state index in [1.54, 1.807) is 0 Å². The fourth-order valence-corrected chi connectivity index (χ4v) is 2.84. The first-order valence-corrected chi connectivity index (χ1v) is 8.11. The zero-order valence-electron chi connectivity index (χ0n) is 13.5.